The minimum absolute atomic E-state index is 0.0122. The Balaban J connectivity index is 2.17. The fourth-order valence-electron chi connectivity index (χ4n) is 3.48. The summed E-state index contributed by atoms with van der Waals surface area (Å²) in [4.78, 5) is 25.6. The van der Waals surface area contributed by atoms with Gasteiger partial charge >= 0.3 is 5.97 Å². The molecule has 0 bridgehead atoms. The third kappa shape index (κ3) is 2.76. The molecule has 0 radical (unpaired) electrons. The first-order valence-corrected chi connectivity index (χ1v) is 7.35. The standard InChI is InChI=1S/C14H24N2O3/c15-10-14(7-3-1-2-4-8-14)13(19)16-9-5-6-11(16)12(17)18/h11H,1-10,15H2,(H,17,18)/t11-/m0/s1. The maximum Gasteiger partial charge on any atom is 0.326 e. The van der Waals surface area contributed by atoms with Crippen molar-refractivity contribution in [1.82, 2.24) is 4.90 Å². The van der Waals surface area contributed by atoms with Crippen LogP contribution >= 0.6 is 0 Å². The second-order valence-corrected chi connectivity index (χ2v) is 5.89. The highest BCUT2D eigenvalue weighted by molar-refractivity contribution is 5.88. The number of amides is 1. The first-order valence-electron chi connectivity index (χ1n) is 7.35. The van der Waals surface area contributed by atoms with Crippen LogP contribution in [-0.4, -0.2) is 41.0 Å². The molecule has 1 aliphatic heterocycles. The Bertz CT molecular complexity index is 349. The molecule has 1 amide bonds. The lowest BCUT2D eigenvalue weighted by molar-refractivity contribution is -0.153. The summed E-state index contributed by atoms with van der Waals surface area (Å²) < 4.78 is 0. The molecule has 0 aromatic rings. The lowest BCUT2D eigenvalue weighted by atomic mass is 9.79. The SMILES string of the molecule is NCC1(C(=O)N2CCC[C@H]2C(=O)O)CCCCCC1. The van der Waals surface area contributed by atoms with Crippen LogP contribution in [0.2, 0.25) is 0 Å². The minimum Gasteiger partial charge on any atom is -0.480 e. The highest BCUT2D eigenvalue weighted by Gasteiger charge is 2.44. The van der Waals surface area contributed by atoms with Gasteiger partial charge in [0.2, 0.25) is 5.91 Å². The Hall–Kier alpha value is -1.10. The molecule has 1 aliphatic carbocycles. The Morgan fingerprint density at radius 1 is 1.16 bits per heavy atom. The zero-order valence-electron chi connectivity index (χ0n) is 11.4. The first-order chi connectivity index (χ1) is 9.10. The number of carboxylic acids is 1. The number of carbonyl (C=O) groups is 2. The van der Waals surface area contributed by atoms with Crippen molar-refractivity contribution in [2.45, 2.75) is 57.4 Å². The Morgan fingerprint density at radius 3 is 2.32 bits per heavy atom. The average Bonchev–Trinajstić information content (AvgIpc) is 2.76. The number of carbonyl (C=O) groups excluding carboxylic acids is 1. The van der Waals surface area contributed by atoms with E-state index >= 15 is 0 Å². The molecule has 1 atom stereocenters. The molecule has 0 aromatic carbocycles. The van der Waals surface area contributed by atoms with Crippen LogP contribution in [0.15, 0.2) is 0 Å². The van der Waals surface area contributed by atoms with Gasteiger partial charge in [-0.25, -0.2) is 4.79 Å². The van der Waals surface area contributed by atoms with Crippen LogP contribution in [0.1, 0.15) is 51.4 Å². The van der Waals surface area contributed by atoms with Crippen LogP contribution in [-0.2, 0) is 9.59 Å². The zero-order valence-corrected chi connectivity index (χ0v) is 11.4. The van der Waals surface area contributed by atoms with E-state index < -0.39 is 17.4 Å². The van der Waals surface area contributed by atoms with Crippen LogP contribution in [0, 0.1) is 5.41 Å². The third-order valence-electron chi connectivity index (χ3n) is 4.70. The normalized spacial score (nSPS) is 27.0. The smallest absolute Gasteiger partial charge is 0.326 e. The molecular formula is C14H24N2O3. The van der Waals surface area contributed by atoms with E-state index in [1.165, 1.54) is 0 Å². The van der Waals surface area contributed by atoms with Crippen LogP contribution in [0.3, 0.4) is 0 Å². The van der Waals surface area contributed by atoms with Crippen LogP contribution < -0.4 is 5.73 Å². The van der Waals surface area contributed by atoms with E-state index in [4.69, 9.17) is 5.73 Å². The van der Waals surface area contributed by atoms with Gasteiger partial charge in [0, 0.05) is 13.1 Å². The van der Waals surface area contributed by atoms with Crippen molar-refractivity contribution in [1.29, 1.82) is 0 Å². The maximum absolute atomic E-state index is 12.8. The van der Waals surface area contributed by atoms with Gasteiger partial charge in [-0.1, -0.05) is 25.7 Å². The summed E-state index contributed by atoms with van der Waals surface area (Å²) in [6.07, 6.45) is 7.32. The number of rotatable bonds is 3. The van der Waals surface area contributed by atoms with Gasteiger partial charge < -0.3 is 15.7 Å². The third-order valence-corrected chi connectivity index (χ3v) is 4.70. The van der Waals surface area contributed by atoms with Crippen LogP contribution in [0.4, 0.5) is 0 Å². The monoisotopic (exact) mass is 268 g/mol. The summed E-state index contributed by atoms with van der Waals surface area (Å²) in [5.41, 5.74) is 5.40. The molecule has 1 saturated heterocycles. The topological polar surface area (TPSA) is 83.6 Å². The number of hydrogen-bond donors (Lipinski definition) is 2. The van der Waals surface area contributed by atoms with E-state index in [-0.39, 0.29) is 5.91 Å². The van der Waals surface area contributed by atoms with Gasteiger partial charge in [-0.3, -0.25) is 4.79 Å². The van der Waals surface area contributed by atoms with E-state index in [1.54, 1.807) is 4.90 Å². The Morgan fingerprint density at radius 2 is 1.79 bits per heavy atom. The van der Waals surface area contributed by atoms with E-state index in [2.05, 4.69) is 0 Å². The molecule has 1 heterocycles. The van der Waals surface area contributed by atoms with E-state index in [1.807, 2.05) is 0 Å². The number of nitrogens with zero attached hydrogens (tertiary/aromatic N) is 1. The lowest BCUT2D eigenvalue weighted by Crippen LogP contribution is -2.51. The van der Waals surface area contributed by atoms with Gasteiger partial charge in [0.1, 0.15) is 6.04 Å². The maximum atomic E-state index is 12.8. The van der Waals surface area contributed by atoms with Gasteiger partial charge in [-0.05, 0) is 25.7 Å². The van der Waals surface area contributed by atoms with Gasteiger partial charge in [0.05, 0.1) is 5.41 Å². The van der Waals surface area contributed by atoms with Gasteiger partial charge in [0.25, 0.3) is 0 Å². The number of aliphatic carboxylic acids is 1. The van der Waals surface area contributed by atoms with E-state index in [0.29, 0.717) is 19.5 Å². The van der Waals surface area contributed by atoms with Crippen molar-refractivity contribution in [2.75, 3.05) is 13.1 Å². The van der Waals surface area contributed by atoms with Crippen LogP contribution in [0.5, 0.6) is 0 Å². The summed E-state index contributed by atoms with van der Waals surface area (Å²) >= 11 is 0. The summed E-state index contributed by atoms with van der Waals surface area (Å²) in [6, 6.07) is -0.640. The van der Waals surface area contributed by atoms with Crippen LogP contribution in [0.25, 0.3) is 0 Å². The van der Waals surface area contributed by atoms with Crippen molar-refractivity contribution in [3.63, 3.8) is 0 Å². The Labute approximate surface area is 114 Å². The highest BCUT2D eigenvalue weighted by atomic mass is 16.4. The molecule has 19 heavy (non-hydrogen) atoms. The largest absolute Gasteiger partial charge is 0.480 e. The molecule has 5 heteroatoms. The van der Waals surface area contributed by atoms with Crippen molar-refractivity contribution in [2.24, 2.45) is 11.1 Å². The number of carboxylic acid groups (broad SMARTS) is 1. The predicted octanol–water partition coefficient (Wildman–Crippen LogP) is 1.36. The molecule has 0 aromatic heterocycles. The van der Waals surface area contributed by atoms with Crippen molar-refractivity contribution >= 4 is 11.9 Å². The zero-order chi connectivity index (χ0) is 13.9. The highest BCUT2D eigenvalue weighted by Crippen LogP contribution is 2.37. The molecule has 1 saturated carbocycles. The second-order valence-electron chi connectivity index (χ2n) is 5.89. The quantitative estimate of drug-likeness (QED) is 0.757. The lowest BCUT2D eigenvalue weighted by Gasteiger charge is -2.35. The molecule has 0 unspecified atom stereocenters. The molecule has 5 nitrogen and oxygen atoms in total. The summed E-state index contributed by atoms with van der Waals surface area (Å²) in [6.45, 7) is 0.909. The van der Waals surface area contributed by atoms with Gasteiger partial charge in [-0.2, -0.15) is 0 Å². The Kier molecular flexibility index (Phi) is 4.45. The summed E-state index contributed by atoms with van der Waals surface area (Å²) in [7, 11) is 0. The van der Waals surface area contributed by atoms with Crippen molar-refractivity contribution in [3.05, 3.63) is 0 Å². The van der Waals surface area contributed by atoms with Crippen molar-refractivity contribution < 1.29 is 14.7 Å². The molecular weight excluding hydrogens is 244 g/mol. The number of likely N-dealkylation sites (tertiary alicyclic amines) is 1. The fraction of sp³-hybridized carbons (Fsp3) is 0.857. The van der Waals surface area contributed by atoms with Gasteiger partial charge in [0.15, 0.2) is 0 Å². The van der Waals surface area contributed by atoms with Gasteiger partial charge in [-0.15, -0.1) is 0 Å². The number of nitrogens with two attached hydrogens (primary N) is 1. The molecule has 2 fully saturated rings. The molecule has 2 aliphatic rings. The first kappa shape index (κ1) is 14.3. The number of hydrogen-bond acceptors (Lipinski definition) is 3. The molecule has 0 spiro atoms. The second kappa shape index (κ2) is 5.90. The minimum atomic E-state index is -0.883. The average molecular weight is 268 g/mol. The molecule has 108 valence electrons. The fourth-order valence-corrected chi connectivity index (χ4v) is 3.48. The summed E-state index contributed by atoms with van der Waals surface area (Å²) in [5, 5.41) is 9.22. The molecule has 2 rings (SSSR count). The summed E-state index contributed by atoms with van der Waals surface area (Å²) in [5.74, 6) is -0.895. The van der Waals surface area contributed by atoms with E-state index in [9.17, 15) is 14.7 Å². The van der Waals surface area contributed by atoms with Crippen molar-refractivity contribution in [3.8, 4) is 0 Å². The predicted molar refractivity (Wildman–Crippen MR) is 71.6 cm³/mol. The molecule has 3 N–H and O–H groups in total. The van der Waals surface area contributed by atoms with E-state index in [0.717, 1.165) is 44.9 Å².